The molecule has 2 atom stereocenters. The summed E-state index contributed by atoms with van der Waals surface area (Å²) in [6, 6.07) is 2.96. The first-order valence-corrected chi connectivity index (χ1v) is 10.2. The average Bonchev–Trinajstić information content (AvgIpc) is 2.83. The molecule has 2 N–H and O–H groups in total. The number of thioether (sulfide) groups is 1. The number of allylic oxidation sites excluding steroid dienone is 1. The van der Waals surface area contributed by atoms with Crippen molar-refractivity contribution in [3.05, 3.63) is 52.7 Å². The second-order valence-electron chi connectivity index (χ2n) is 8.11. The number of alkyl halides is 3. The fourth-order valence-corrected chi connectivity index (χ4v) is 4.27. The van der Waals surface area contributed by atoms with Crippen LogP contribution in [0.3, 0.4) is 0 Å². The van der Waals surface area contributed by atoms with Gasteiger partial charge in [0.05, 0.1) is 11.1 Å². The third kappa shape index (κ3) is 4.63. The van der Waals surface area contributed by atoms with Crippen LogP contribution in [0.25, 0.3) is 0 Å². The number of aliphatic hydroxyl groups is 1. The third-order valence-corrected chi connectivity index (χ3v) is 6.24. The van der Waals surface area contributed by atoms with Crippen LogP contribution in [0.2, 0.25) is 0 Å². The lowest BCUT2D eigenvalue weighted by Crippen LogP contribution is -2.52. The van der Waals surface area contributed by atoms with E-state index in [1.807, 2.05) is 0 Å². The number of carbonyl (C=O) groups excluding carboxylic acids is 1. The standard InChI is InChI=1S/C20H22F3N3O4S/c1-18(2)16(29)26(19(3)7-4-13(5-8-19)31-20(21,22)23)17(30)25(18)11-12-6-9-24-14(10-12)15(27)28/h4-7,9-10,17,30H,8,11H2,1-3H3,(H,27,28). The number of hydrogen-bond acceptors (Lipinski definition) is 6. The van der Waals surface area contributed by atoms with E-state index in [9.17, 15) is 27.9 Å². The summed E-state index contributed by atoms with van der Waals surface area (Å²) >= 11 is -0.228. The van der Waals surface area contributed by atoms with Crippen LogP contribution in [-0.4, -0.2) is 59.8 Å². The molecule has 2 unspecified atom stereocenters. The van der Waals surface area contributed by atoms with Gasteiger partial charge in [0.15, 0.2) is 6.35 Å². The van der Waals surface area contributed by atoms with E-state index in [1.54, 1.807) is 26.8 Å². The van der Waals surface area contributed by atoms with Crippen LogP contribution in [0.1, 0.15) is 43.2 Å². The minimum Gasteiger partial charge on any atom is -0.477 e. The molecule has 11 heteroatoms. The lowest BCUT2D eigenvalue weighted by Gasteiger charge is -2.40. The summed E-state index contributed by atoms with van der Waals surface area (Å²) in [7, 11) is 0. The number of carboxylic acid groups (broad SMARTS) is 1. The van der Waals surface area contributed by atoms with Crippen LogP contribution in [0.4, 0.5) is 13.2 Å². The maximum Gasteiger partial charge on any atom is 0.446 e. The van der Waals surface area contributed by atoms with E-state index in [4.69, 9.17) is 5.11 Å². The molecular formula is C20H22F3N3O4S. The van der Waals surface area contributed by atoms with Gasteiger partial charge in [-0.1, -0.05) is 18.2 Å². The minimum absolute atomic E-state index is 0.0280. The SMILES string of the molecule is CC1(N2C(=O)C(C)(C)N(Cc3ccnc(C(=O)O)c3)C2O)C=CC(SC(F)(F)F)=CC1. The van der Waals surface area contributed by atoms with Gasteiger partial charge >= 0.3 is 11.5 Å². The molecule has 0 spiro atoms. The van der Waals surface area contributed by atoms with Gasteiger partial charge in [-0.3, -0.25) is 9.69 Å². The van der Waals surface area contributed by atoms with Crippen molar-refractivity contribution in [1.82, 2.24) is 14.8 Å². The number of halogens is 3. The number of amides is 1. The highest BCUT2D eigenvalue weighted by atomic mass is 32.2. The minimum atomic E-state index is -4.41. The molecule has 168 valence electrons. The Balaban J connectivity index is 1.84. The van der Waals surface area contributed by atoms with Crippen molar-refractivity contribution in [2.24, 2.45) is 0 Å². The number of carbonyl (C=O) groups is 2. The Morgan fingerprint density at radius 2 is 2.03 bits per heavy atom. The second-order valence-corrected chi connectivity index (χ2v) is 9.25. The predicted molar refractivity (Wildman–Crippen MR) is 108 cm³/mol. The van der Waals surface area contributed by atoms with Crippen molar-refractivity contribution < 1.29 is 33.0 Å². The Labute approximate surface area is 181 Å². The normalized spacial score (nSPS) is 26.3. The molecule has 1 aliphatic carbocycles. The number of hydrogen-bond donors (Lipinski definition) is 2. The Morgan fingerprint density at radius 1 is 1.35 bits per heavy atom. The highest BCUT2D eigenvalue weighted by molar-refractivity contribution is 8.04. The molecule has 1 saturated heterocycles. The molecule has 3 rings (SSSR count). The summed E-state index contributed by atoms with van der Waals surface area (Å²) < 4.78 is 37.9. The number of pyridine rings is 1. The molecule has 1 amide bonds. The first-order chi connectivity index (χ1) is 14.2. The van der Waals surface area contributed by atoms with Gasteiger partial charge in [0.25, 0.3) is 0 Å². The zero-order valence-corrected chi connectivity index (χ0v) is 17.9. The number of aromatic nitrogens is 1. The van der Waals surface area contributed by atoms with Gasteiger partial charge in [-0.15, -0.1) is 0 Å². The van der Waals surface area contributed by atoms with Crippen LogP contribution >= 0.6 is 11.8 Å². The third-order valence-electron chi connectivity index (χ3n) is 5.47. The number of aromatic carboxylic acids is 1. The molecule has 1 fully saturated rings. The summed E-state index contributed by atoms with van der Waals surface area (Å²) in [6.07, 6.45) is 4.28. The topological polar surface area (TPSA) is 94.0 Å². The summed E-state index contributed by atoms with van der Waals surface area (Å²) in [4.78, 5) is 30.9. The summed E-state index contributed by atoms with van der Waals surface area (Å²) in [6.45, 7) is 5.01. The molecule has 0 saturated carbocycles. The van der Waals surface area contributed by atoms with Crippen molar-refractivity contribution in [3.8, 4) is 0 Å². The Hall–Kier alpha value is -2.37. The second kappa shape index (κ2) is 7.95. The number of carboxylic acids is 1. The first kappa shape index (κ1) is 23.3. The summed E-state index contributed by atoms with van der Waals surface area (Å²) in [5.74, 6) is -1.58. The van der Waals surface area contributed by atoms with Gasteiger partial charge < -0.3 is 10.2 Å². The molecule has 0 aromatic carbocycles. The number of rotatable bonds is 5. The fourth-order valence-electron chi connectivity index (χ4n) is 3.70. The molecule has 0 radical (unpaired) electrons. The van der Waals surface area contributed by atoms with Crippen LogP contribution in [0.15, 0.2) is 41.5 Å². The van der Waals surface area contributed by atoms with Crippen LogP contribution in [-0.2, 0) is 11.3 Å². The van der Waals surface area contributed by atoms with Gasteiger partial charge in [0.2, 0.25) is 5.91 Å². The van der Waals surface area contributed by atoms with Crippen molar-refractivity contribution in [1.29, 1.82) is 0 Å². The lowest BCUT2D eigenvalue weighted by atomic mass is 9.90. The summed E-state index contributed by atoms with van der Waals surface area (Å²) in [5, 5.41) is 20.2. The zero-order valence-electron chi connectivity index (χ0n) is 17.1. The highest BCUT2D eigenvalue weighted by Gasteiger charge is 2.56. The maximum absolute atomic E-state index is 13.2. The fraction of sp³-hybridized carbons (Fsp3) is 0.450. The van der Waals surface area contributed by atoms with Crippen LogP contribution in [0.5, 0.6) is 0 Å². The molecule has 1 aromatic heterocycles. The monoisotopic (exact) mass is 457 g/mol. The molecule has 2 heterocycles. The van der Waals surface area contributed by atoms with E-state index >= 15 is 0 Å². The smallest absolute Gasteiger partial charge is 0.446 e. The van der Waals surface area contributed by atoms with E-state index < -0.39 is 28.9 Å². The summed E-state index contributed by atoms with van der Waals surface area (Å²) in [5.41, 5.74) is -6.18. The van der Waals surface area contributed by atoms with E-state index in [0.29, 0.717) is 5.56 Å². The van der Waals surface area contributed by atoms with Crippen molar-refractivity contribution in [3.63, 3.8) is 0 Å². The molecule has 31 heavy (non-hydrogen) atoms. The maximum atomic E-state index is 13.2. The van der Waals surface area contributed by atoms with Gasteiger partial charge in [0.1, 0.15) is 5.69 Å². The Bertz CT molecular complexity index is 963. The average molecular weight is 457 g/mol. The molecule has 7 nitrogen and oxygen atoms in total. The van der Waals surface area contributed by atoms with Gasteiger partial charge in [-0.2, -0.15) is 13.2 Å². The van der Waals surface area contributed by atoms with Gasteiger partial charge in [-0.05, 0) is 56.7 Å². The van der Waals surface area contributed by atoms with E-state index in [0.717, 1.165) is 0 Å². The molecule has 0 bridgehead atoms. The largest absolute Gasteiger partial charge is 0.477 e. The van der Waals surface area contributed by atoms with Crippen LogP contribution < -0.4 is 0 Å². The number of nitrogens with zero attached hydrogens (tertiary/aromatic N) is 3. The Kier molecular flexibility index (Phi) is 5.98. The first-order valence-electron chi connectivity index (χ1n) is 9.36. The molecule has 1 aromatic rings. The zero-order chi connectivity index (χ0) is 23.2. The van der Waals surface area contributed by atoms with E-state index in [-0.39, 0.29) is 41.2 Å². The lowest BCUT2D eigenvalue weighted by molar-refractivity contribution is -0.144. The molecule has 2 aliphatic rings. The van der Waals surface area contributed by atoms with E-state index in [1.165, 1.54) is 40.3 Å². The molecular weight excluding hydrogens is 435 g/mol. The van der Waals surface area contributed by atoms with Crippen molar-refractivity contribution >= 4 is 23.6 Å². The van der Waals surface area contributed by atoms with Crippen molar-refractivity contribution in [2.45, 2.75) is 56.7 Å². The Morgan fingerprint density at radius 3 is 2.58 bits per heavy atom. The van der Waals surface area contributed by atoms with Gasteiger partial charge in [0, 0.05) is 17.6 Å². The highest BCUT2D eigenvalue weighted by Crippen LogP contribution is 2.43. The predicted octanol–water partition coefficient (Wildman–Crippen LogP) is 3.33. The van der Waals surface area contributed by atoms with E-state index in [2.05, 4.69) is 4.98 Å². The van der Waals surface area contributed by atoms with Gasteiger partial charge in [-0.25, -0.2) is 14.7 Å². The quantitative estimate of drug-likeness (QED) is 0.701. The molecule has 1 aliphatic heterocycles. The van der Waals surface area contributed by atoms with Crippen molar-refractivity contribution in [2.75, 3.05) is 0 Å². The number of aliphatic hydroxyl groups excluding tert-OH is 1. The van der Waals surface area contributed by atoms with Crippen LogP contribution in [0, 0.1) is 0 Å².